The molecule has 0 spiro atoms. The number of carbonyl (C=O) groups is 1. The van der Waals surface area contributed by atoms with Crippen LogP contribution in [0.2, 0.25) is 5.02 Å². The van der Waals surface area contributed by atoms with Crippen molar-refractivity contribution in [3.05, 3.63) is 62.8 Å². The van der Waals surface area contributed by atoms with Crippen LogP contribution in [0, 0.1) is 13.8 Å². The molecule has 0 aliphatic carbocycles. The molecule has 0 saturated carbocycles. The molecule has 0 radical (unpaired) electrons. The molecule has 0 amide bonds. The average Bonchev–Trinajstić information content (AvgIpc) is 2.59. The maximum Gasteiger partial charge on any atom is 0.235 e. The van der Waals surface area contributed by atoms with Crippen molar-refractivity contribution in [1.82, 2.24) is 0 Å². The van der Waals surface area contributed by atoms with E-state index in [-0.39, 0.29) is 11.5 Å². The van der Waals surface area contributed by atoms with Crippen molar-refractivity contribution in [3.63, 3.8) is 0 Å². The standard InChI is InChI=1S/C20H17ClO5/c1-10-8-15-16(9-11(10)2)26-18(13-4-6-14(21)7-5-13)19(17(15)22)25-12(3)20(23)24/h4-9,12H,1-3H3,(H,23,24)/p-1/t12-/m0/s1. The SMILES string of the molecule is Cc1cc2oc(-c3ccc(Cl)cc3)c(O[C@@H](C)C(=O)[O-])c(=O)c2cc1C. The minimum Gasteiger partial charge on any atom is -0.546 e. The van der Waals surface area contributed by atoms with Crippen LogP contribution in [-0.4, -0.2) is 12.1 Å². The summed E-state index contributed by atoms with van der Waals surface area (Å²) in [5.41, 5.74) is 2.40. The van der Waals surface area contributed by atoms with E-state index in [1.54, 1.807) is 36.4 Å². The predicted octanol–water partition coefficient (Wildman–Crippen LogP) is 3.25. The first-order valence-electron chi connectivity index (χ1n) is 7.99. The Labute approximate surface area is 154 Å². The maximum atomic E-state index is 13.0. The lowest BCUT2D eigenvalue weighted by Crippen LogP contribution is -2.38. The van der Waals surface area contributed by atoms with Gasteiger partial charge in [-0.3, -0.25) is 4.79 Å². The smallest absolute Gasteiger partial charge is 0.235 e. The van der Waals surface area contributed by atoms with Gasteiger partial charge in [0.25, 0.3) is 0 Å². The highest BCUT2D eigenvalue weighted by Gasteiger charge is 2.20. The first-order valence-corrected chi connectivity index (χ1v) is 8.37. The Hall–Kier alpha value is -2.79. The van der Waals surface area contributed by atoms with Gasteiger partial charge in [0, 0.05) is 10.6 Å². The molecule has 0 bridgehead atoms. The van der Waals surface area contributed by atoms with Crippen LogP contribution >= 0.6 is 11.6 Å². The molecule has 1 heterocycles. The molecule has 1 atom stereocenters. The number of hydrogen-bond donors (Lipinski definition) is 0. The summed E-state index contributed by atoms with van der Waals surface area (Å²) in [6.45, 7) is 5.09. The summed E-state index contributed by atoms with van der Waals surface area (Å²) in [7, 11) is 0. The molecule has 5 nitrogen and oxygen atoms in total. The van der Waals surface area contributed by atoms with Gasteiger partial charge in [0.2, 0.25) is 11.2 Å². The number of aryl methyl sites for hydroxylation is 2. The van der Waals surface area contributed by atoms with Crippen LogP contribution < -0.4 is 15.3 Å². The first kappa shape index (κ1) is 18.0. The molecule has 6 heteroatoms. The number of halogens is 1. The highest BCUT2D eigenvalue weighted by Crippen LogP contribution is 2.33. The minimum absolute atomic E-state index is 0.149. The van der Waals surface area contributed by atoms with Gasteiger partial charge < -0.3 is 19.1 Å². The lowest BCUT2D eigenvalue weighted by molar-refractivity contribution is -0.312. The lowest BCUT2D eigenvalue weighted by Gasteiger charge is -2.18. The molecule has 0 unspecified atom stereocenters. The Morgan fingerprint density at radius 3 is 2.38 bits per heavy atom. The second kappa shape index (κ2) is 6.84. The molecule has 3 aromatic rings. The number of carboxylic acid groups (broad SMARTS) is 1. The van der Waals surface area contributed by atoms with E-state index in [1.165, 1.54) is 6.92 Å². The van der Waals surface area contributed by atoms with E-state index in [0.717, 1.165) is 11.1 Å². The highest BCUT2D eigenvalue weighted by atomic mass is 35.5. The highest BCUT2D eigenvalue weighted by molar-refractivity contribution is 6.30. The molecule has 0 aliphatic heterocycles. The number of hydrogen-bond acceptors (Lipinski definition) is 5. The number of carboxylic acids is 1. The van der Waals surface area contributed by atoms with Crippen molar-refractivity contribution < 1.29 is 19.1 Å². The summed E-state index contributed by atoms with van der Waals surface area (Å²) in [6, 6.07) is 10.1. The molecule has 3 rings (SSSR count). The quantitative estimate of drug-likeness (QED) is 0.703. The zero-order chi connectivity index (χ0) is 19.0. The zero-order valence-corrected chi connectivity index (χ0v) is 15.2. The number of benzene rings is 2. The van der Waals surface area contributed by atoms with Crippen molar-refractivity contribution in [2.75, 3.05) is 0 Å². The van der Waals surface area contributed by atoms with Gasteiger partial charge in [-0.1, -0.05) is 11.6 Å². The fourth-order valence-corrected chi connectivity index (χ4v) is 2.68. The minimum atomic E-state index is -1.42. The van der Waals surface area contributed by atoms with Gasteiger partial charge in [-0.2, -0.15) is 0 Å². The second-order valence-electron chi connectivity index (χ2n) is 6.11. The van der Waals surface area contributed by atoms with Crippen molar-refractivity contribution in [2.45, 2.75) is 26.9 Å². The Bertz CT molecular complexity index is 1050. The second-order valence-corrected chi connectivity index (χ2v) is 6.54. The van der Waals surface area contributed by atoms with Crippen LogP contribution in [-0.2, 0) is 4.79 Å². The first-order chi connectivity index (χ1) is 12.3. The van der Waals surface area contributed by atoms with E-state index >= 15 is 0 Å². The average molecular weight is 372 g/mol. The van der Waals surface area contributed by atoms with Gasteiger partial charge in [0.15, 0.2) is 5.76 Å². The van der Waals surface area contributed by atoms with Crippen molar-refractivity contribution in [1.29, 1.82) is 0 Å². The van der Waals surface area contributed by atoms with Gasteiger partial charge in [-0.05, 0) is 68.3 Å². The molecule has 0 aliphatic rings. The molecule has 0 saturated heterocycles. The van der Waals surface area contributed by atoms with Crippen molar-refractivity contribution in [3.8, 4) is 17.1 Å². The summed E-state index contributed by atoms with van der Waals surface area (Å²) in [5, 5.41) is 11.9. The number of fused-ring (bicyclic) bond motifs is 1. The third-order valence-corrected chi connectivity index (χ3v) is 4.45. The zero-order valence-electron chi connectivity index (χ0n) is 14.5. The molecule has 2 aromatic carbocycles. The number of aliphatic carboxylic acids is 1. The van der Waals surface area contributed by atoms with Gasteiger partial charge in [0.1, 0.15) is 11.7 Å². The van der Waals surface area contributed by atoms with Crippen molar-refractivity contribution >= 4 is 28.5 Å². The molecule has 0 fully saturated rings. The Morgan fingerprint density at radius 1 is 1.15 bits per heavy atom. The fraction of sp³-hybridized carbons (Fsp3) is 0.200. The molecular formula is C20H16ClO5-. The van der Waals surface area contributed by atoms with E-state index < -0.39 is 17.5 Å². The maximum absolute atomic E-state index is 13.0. The Morgan fingerprint density at radius 2 is 1.77 bits per heavy atom. The molecule has 26 heavy (non-hydrogen) atoms. The summed E-state index contributed by atoms with van der Waals surface area (Å²) < 4.78 is 11.3. The number of ether oxygens (including phenoxy) is 1. The summed E-state index contributed by atoms with van der Waals surface area (Å²) >= 11 is 5.92. The normalized spacial score (nSPS) is 12.2. The van der Waals surface area contributed by atoms with Crippen LogP contribution in [0.4, 0.5) is 0 Å². The van der Waals surface area contributed by atoms with Crippen LogP contribution in [0.3, 0.4) is 0 Å². The van der Waals surface area contributed by atoms with Crippen LogP contribution in [0.25, 0.3) is 22.3 Å². The number of rotatable bonds is 4. The van der Waals surface area contributed by atoms with Crippen LogP contribution in [0.15, 0.2) is 45.6 Å². The summed E-state index contributed by atoms with van der Waals surface area (Å²) in [6.07, 6.45) is -1.31. The van der Waals surface area contributed by atoms with E-state index in [9.17, 15) is 14.7 Å². The van der Waals surface area contributed by atoms with E-state index in [0.29, 0.717) is 21.6 Å². The Balaban J connectivity index is 2.32. The topological polar surface area (TPSA) is 79.6 Å². The molecule has 134 valence electrons. The molecule has 1 aromatic heterocycles. The summed E-state index contributed by atoms with van der Waals surface area (Å²) in [4.78, 5) is 24.1. The van der Waals surface area contributed by atoms with E-state index in [4.69, 9.17) is 20.8 Å². The fourth-order valence-electron chi connectivity index (χ4n) is 2.56. The van der Waals surface area contributed by atoms with Gasteiger partial charge in [0.05, 0.1) is 11.4 Å². The monoisotopic (exact) mass is 371 g/mol. The van der Waals surface area contributed by atoms with Crippen LogP contribution in [0.5, 0.6) is 5.75 Å². The van der Waals surface area contributed by atoms with Gasteiger partial charge >= 0.3 is 0 Å². The van der Waals surface area contributed by atoms with E-state index in [2.05, 4.69) is 0 Å². The predicted molar refractivity (Wildman–Crippen MR) is 97.5 cm³/mol. The molecular weight excluding hydrogens is 356 g/mol. The van der Waals surface area contributed by atoms with E-state index in [1.807, 2.05) is 13.8 Å². The number of carbonyl (C=O) groups excluding carboxylic acids is 1. The lowest BCUT2D eigenvalue weighted by atomic mass is 10.0. The van der Waals surface area contributed by atoms with Gasteiger partial charge in [-0.25, -0.2) is 0 Å². The van der Waals surface area contributed by atoms with Crippen molar-refractivity contribution in [2.24, 2.45) is 0 Å². The van der Waals surface area contributed by atoms with Crippen LogP contribution in [0.1, 0.15) is 18.1 Å². The summed E-state index contributed by atoms with van der Waals surface area (Å²) in [5.74, 6) is -1.44. The van der Waals surface area contributed by atoms with Gasteiger partial charge in [-0.15, -0.1) is 0 Å². The molecule has 0 N–H and O–H groups in total. The largest absolute Gasteiger partial charge is 0.546 e. The third kappa shape index (κ3) is 3.30. The third-order valence-electron chi connectivity index (χ3n) is 4.20. The Kier molecular flexibility index (Phi) is 4.74.